The van der Waals surface area contributed by atoms with Crippen LogP contribution in [0, 0.1) is 58.2 Å². The molecule has 0 unspecified atom stereocenters. The van der Waals surface area contributed by atoms with Gasteiger partial charge in [0.25, 0.3) is 0 Å². The van der Waals surface area contributed by atoms with Gasteiger partial charge in [0.2, 0.25) is 10.4 Å². The van der Waals surface area contributed by atoms with Crippen LogP contribution in [0.5, 0.6) is 0 Å². The normalized spacial score (nSPS) is 48.6. The Balaban J connectivity index is 1.68. The van der Waals surface area contributed by atoms with E-state index in [-0.39, 0.29) is 36.4 Å². The molecule has 0 amide bonds. The smallest absolute Gasteiger partial charge is 0.217 e. The predicted octanol–water partition coefficient (Wildman–Crippen LogP) is 0.203. The van der Waals surface area contributed by atoms with Crippen LogP contribution < -0.4 is 0 Å². The van der Waals surface area contributed by atoms with Gasteiger partial charge in [0.1, 0.15) is 18.0 Å². The third-order valence-corrected chi connectivity index (χ3v) is 12.5. The Morgan fingerprint density at radius 3 is 2.05 bits per heavy atom. The standard InChI is InChI=1S/C28H48O11S/c1-11(2)12(3)21(30)22(31)13(4)15-9-16(29)19-18-14(7-8-27(15,19)5)28(6)10-17(39-40(36,37)38)23(32)25(34)20(28)26(35)24(18)33/h11-15,17-26,30-35H,7-10H2,1-6H3,(H,36,37,38)/p-1/t12-,13-,14-,15+,17-,18+,19-,20+,21+,22+,23+,24+,25-,26+,27+,28+/m0/s1. The number of Topliss-reactive ketones (excluding diaryl/α,β-unsaturated/α-hetero) is 1. The second kappa shape index (κ2) is 10.8. The Morgan fingerprint density at radius 2 is 1.50 bits per heavy atom. The van der Waals surface area contributed by atoms with Crippen molar-refractivity contribution in [2.24, 2.45) is 58.2 Å². The molecule has 16 atom stereocenters. The summed E-state index contributed by atoms with van der Waals surface area (Å²) in [6.45, 7) is 11.3. The molecule has 4 saturated carbocycles. The molecule has 4 aliphatic rings. The van der Waals surface area contributed by atoms with Crippen LogP contribution >= 0.6 is 0 Å². The predicted molar refractivity (Wildman–Crippen MR) is 141 cm³/mol. The van der Waals surface area contributed by atoms with E-state index in [0.717, 1.165) is 0 Å². The van der Waals surface area contributed by atoms with E-state index in [1.54, 1.807) is 6.92 Å². The van der Waals surface area contributed by atoms with E-state index in [0.29, 0.717) is 12.8 Å². The second-order valence-electron chi connectivity index (χ2n) is 14.2. The highest BCUT2D eigenvalue weighted by Crippen LogP contribution is 2.67. The lowest BCUT2D eigenvalue weighted by Crippen LogP contribution is -2.70. The zero-order valence-corrected chi connectivity index (χ0v) is 24.9. The minimum absolute atomic E-state index is 0.104. The molecule has 4 rings (SSSR count). The average Bonchev–Trinajstić information content (AvgIpc) is 3.12. The van der Waals surface area contributed by atoms with Gasteiger partial charge >= 0.3 is 0 Å². The number of rotatable bonds is 7. The molecule has 0 aliphatic heterocycles. The van der Waals surface area contributed by atoms with Gasteiger partial charge in [-0.05, 0) is 59.7 Å². The van der Waals surface area contributed by atoms with Gasteiger partial charge in [-0.1, -0.05) is 41.5 Å². The van der Waals surface area contributed by atoms with Gasteiger partial charge in [-0.25, -0.2) is 8.42 Å². The van der Waals surface area contributed by atoms with Crippen molar-refractivity contribution in [1.29, 1.82) is 0 Å². The topological polar surface area (TPSA) is 205 Å². The Labute approximate surface area is 236 Å². The van der Waals surface area contributed by atoms with Crippen molar-refractivity contribution in [3.8, 4) is 0 Å². The van der Waals surface area contributed by atoms with Crippen LogP contribution in [-0.2, 0) is 19.4 Å². The van der Waals surface area contributed by atoms with Crippen molar-refractivity contribution in [2.45, 2.75) is 110 Å². The molecule has 6 N–H and O–H groups in total. The molecule has 0 aromatic carbocycles. The number of hydrogen-bond donors (Lipinski definition) is 6. The molecule has 0 radical (unpaired) electrons. The lowest BCUT2D eigenvalue weighted by molar-refractivity contribution is -0.264. The number of ketones is 1. The van der Waals surface area contributed by atoms with Gasteiger partial charge in [0.05, 0.1) is 30.5 Å². The fraction of sp³-hybridized carbons (Fsp3) is 0.964. The van der Waals surface area contributed by atoms with Gasteiger partial charge in [-0.15, -0.1) is 0 Å². The second-order valence-corrected chi connectivity index (χ2v) is 15.2. The summed E-state index contributed by atoms with van der Waals surface area (Å²) in [6.07, 6.45) is -8.97. The Bertz CT molecular complexity index is 1070. The highest BCUT2D eigenvalue weighted by Gasteiger charge is 2.70. The number of carbonyl (C=O) groups excluding carboxylic acids is 1. The molecule has 0 aromatic rings. The molecular weight excluding hydrogens is 544 g/mol. The quantitative estimate of drug-likeness (QED) is 0.174. The Kier molecular flexibility index (Phi) is 8.68. The van der Waals surface area contributed by atoms with Gasteiger partial charge in [0, 0.05) is 24.2 Å². The zero-order valence-electron chi connectivity index (χ0n) is 24.1. The summed E-state index contributed by atoms with van der Waals surface area (Å²) in [7, 11) is -5.21. The Morgan fingerprint density at radius 1 is 0.925 bits per heavy atom. The highest BCUT2D eigenvalue weighted by molar-refractivity contribution is 7.80. The third-order valence-electron chi connectivity index (χ3n) is 12.0. The maximum absolute atomic E-state index is 13.7. The minimum Gasteiger partial charge on any atom is -0.726 e. The maximum atomic E-state index is 13.7. The molecule has 4 fully saturated rings. The van der Waals surface area contributed by atoms with Gasteiger partial charge in [-0.3, -0.25) is 8.98 Å². The van der Waals surface area contributed by atoms with Crippen LogP contribution in [0.15, 0.2) is 0 Å². The molecule has 40 heavy (non-hydrogen) atoms. The first-order chi connectivity index (χ1) is 18.3. The van der Waals surface area contributed by atoms with Crippen molar-refractivity contribution >= 4 is 16.2 Å². The molecular formula is C28H47O11S-. The van der Waals surface area contributed by atoms with Crippen LogP contribution in [0.3, 0.4) is 0 Å². The van der Waals surface area contributed by atoms with Crippen LogP contribution in [0.25, 0.3) is 0 Å². The molecule has 232 valence electrons. The van der Waals surface area contributed by atoms with Gasteiger partial charge in [-0.2, -0.15) is 0 Å². The SMILES string of the molecule is CC(C)[C@H](C)[C@@H](O)[C@H](O)[C@@H](C)[C@H]1CC(=O)[C@H]2[C@@H]3[C@@H](O)[C@H](O)[C@H]4[C@H](O)[C@H](O)[C@@H](OS(=O)(=O)[O-])C[C@]4(C)[C@H]3CC[C@]12C. The van der Waals surface area contributed by atoms with Crippen molar-refractivity contribution in [2.75, 3.05) is 0 Å². The molecule has 0 spiro atoms. The van der Waals surface area contributed by atoms with Crippen LogP contribution in [0.1, 0.15) is 67.2 Å². The number of aliphatic hydroxyl groups excluding tert-OH is 6. The number of fused-ring (bicyclic) bond motifs is 5. The minimum atomic E-state index is -5.21. The molecule has 0 aromatic heterocycles. The molecule has 12 heteroatoms. The van der Waals surface area contributed by atoms with E-state index in [9.17, 15) is 48.4 Å². The van der Waals surface area contributed by atoms with Crippen molar-refractivity contribution in [3.05, 3.63) is 0 Å². The molecule has 0 saturated heterocycles. The lowest BCUT2D eigenvalue weighted by atomic mass is 9.42. The molecule has 4 aliphatic carbocycles. The summed E-state index contributed by atoms with van der Waals surface area (Å²) in [5.74, 6) is -3.75. The third kappa shape index (κ3) is 4.98. The average molecular weight is 592 g/mol. The Hall–Kier alpha value is -0.700. The largest absolute Gasteiger partial charge is 0.726 e. The summed E-state index contributed by atoms with van der Waals surface area (Å²) in [4.78, 5) is 13.7. The van der Waals surface area contributed by atoms with E-state index < -0.39 is 93.5 Å². The summed E-state index contributed by atoms with van der Waals surface area (Å²) in [6, 6.07) is 0. The van der Waals surface area contributed by atoms with Crippen LogP contribution in [-0.4, -0.2) is 92.1 Å². The summed E-state index contributed by atoms with van der Waals surface area (Å²) in [5, 5.41) is 66.4. The van der Waals surface area contributed by atoms with Crippen LogP contribution in [0.2, 0.25) is 0 Å². The maximum Gasteiger partial charge on any atom is 0.217 e. The monoisotopic (exact) mass is 591 g/mol. The summed E-state index contributed by atoms with van der Waals surface area (Å²) in [5.41, 5.74) is -1.71. The molecule has 0 heterocycles. The lowest BCUT2D eigenvalue weighted by Gasteiger charge is -2.64. The van der Waals surface area contributed by atoms with E-state index in [4.69, 9.17) is 0 Å². The number of aliphatic hydroxyl groups is 6. The fourth-order valence-corrected chi connectivity index (χ4v) is 9.98. The van der Waals surface area contributed by atoms with E-state index in [1.807, 2.05) is 34.6 Å². The molecule has 0 bridgehead atoms. The van der Waals surface area contributed by atoms with Crippen molar-refractivity contribution < 1.29 is 52.6 Å². The van der Waals surface area contributed by atoms with Gasteiger partial charge in [0.15, 0.2) is 0 Å². The first kappa shape index (κ1) is 32.2. The van der Waals surface area contributed by atoms with E-state index in [1.165, 1.54) is 0 Å². The zero-order chi connectivity index (χ0) is 30.3. The van der Waals surface area contributed by atoms with Gasteiger partial charge < -0.3 is 35.2 Å². The number of carbonyl (C=O) groups is 1. The van der Waals surface area contributed by atoms with Crippen molar-refractivity contribution in [3.63, 3.8) is 0 Å². The van der Waals surface area contributed by atoms with E-state index >= 15 is 0 Å². The first-order valence-electron chi connectivity index (χ1n) is 14.5. The van der Waals surface area contributed by atoms with Crippen molar-refractivity contribution in [1.82, 2.24) is 0 Å². The number of hydrogen-bond acceptors (Lipinski definition) is 11. The fourth-order valence-electron chi connectivity index (χ4n) is 9.49. The summed E-state index contributed by atoms with van der Waals surface area (Å²) >= 11 is 0. The first-order valence-corrected chi connectivity index (χ1v) is 15.9. The van der Waals surface area contributed by atoms with Crippen LogP contribution in [0.4, 0.5) is 0 Å². The molecule has 11 nitrogen and oxygen atoms in total. The highest BCUT2D eigenvalue weighted by atomic mass is 32.3. The summed E-state index contributed by atoms with van der Waals surface area (Å²) < 4.78 is 38.8. The van der Waals surface area contributed by atoms with E-state index in [2.05, 4.69) is 4.18 Å².